The predicted octanol–water partition coefficient (Wildman–Crippen LogP) is 3.49. The van der Waals surface area contributed by atoms with Gasteiger partial charge in [-0.3, -0.25) is 9.69 Å². The number of aromatic nitrogens is 1. The second kappa shape index (κ2) is 8.49. The van der Waals surface area contributed by atoms with E-state index >= 15 is 0 Å². The standard InChI is InChI=1S/C21H29N3O2/c1-15-7-9-18(10-8-15)21-23-19(17(3)26-21)13-20(25)22-14-16(2)24-11-5-4-6-12-24/h7-10,16H,4-6,11-14H2,1-3H3,(H,22,25). The Morgan fingerprint density at radius 3 is 2.58 bits per heavy atom. The maximum Gasteiger partial charge on any atom is 0.226 e. The highest BCUT2D eigenvalue weighted by molar-refractivity contribution is 5.78. The lowest BCUT2D eigenvalue weighted by atomic mass is 10.1. The van der Waals surface area contributed by atoms with Gasteiger partial charge < -0.3 is 9.73 Å². The zero-order valence-corrected chi connectivity index (χ0v) is 16.0. The van der Waals surface area contributed by atoms with E-state index in [0.29, 0.717) is 29.9 Å². The zero-order chi connectivity index (χ0) is 18.5. The van der Waals surface area contributed by atoms with Crippen molar-refractivity contribution in [2.24, 2.45) is 0 Å². The Morgan fingerprint density at radius 1 is 1.19 bits per heavy atom. The molecule has 1 aromatic carbocycles. The summed E-state index contributed by atoms with van der Waals surface area (Å²) in [6, 6.07) is 8.42. The number of hydrogen-bond acceptors (Lipinski definition) is 4. The lowest BCUT2D eigenvalue weighted by molar-refractivity contribution is -0.120. The molecular weight excluding hydrogens is 326 g/mol. The molecule has 1 aliphatic rings. The van der Waals surface area contributed by atoms with Crippen molar-refractivity contribution in [2.75, 3.05) is 19.6 Å². The summed E-state index contributed by atoms with van der Waals surface area (Å²) in [6.07, 6.45) is 4.11. The molecular formula is C21H29N3O2. The molecule has 0 spiro atoms. The fraction of sp³-hybridized carbons (Fsp3) is 0.524. The highest BCUT2D eigenvalue weighted by Crippen LogP contribution is 2.22. The molecule has 1 aliphatic heterocycles. The lowest BCUT2D eigenvalue weighted by Gasteiger charge is -2.32. The number of nitrogens with zero attached hydrogens (tertiary/aromatic N) is 2. The normalized spacial score (nSPS) is 16.4. The minimum absolute atomic E-state index is 0.000663. The van der Waals surface area contributed by atoms with Crippen LogP contribution in [0.4, 0.5) is 0 Å². The summed E-state index contributed by atoms with van der Waals surface area (Å²) in [5, 5.41) is 3.05. The van der Waals surface area contributed by atoms with E-state index in [1.54, 1.807) is 0 Å². The van der Waals surface area contributed by atoms with Gasteiger partial charge in [-0.05, 0) is 58.8 Å². The highest BCUT2D eigenvalue weighted by atomic mass is 16.4. The minimum atomic E-state index is 0.000663. The van der Waals surface area contributed by atoms with Crippen molar-refractivity contribution in [3.63, 3.8) is 0 Å². The summed E-state index contributed by atoms with van der Waals surface area (Å²) in [6.45, 7) is 9.05. The van der Waals surface area contributed by atoms with E-state index < -0.39 is 0 Å². The fourth-order valence-electron chi connectivity index (χ4n) is 3.38. The number of oxazole rings is 1. The number of carbonyl (C=O) groups excluding carboxylic acids is 1. The monoisotopic (exact) mass is 355 g/mol. The van der Waals surface area contributed by atoms with Crippen LogP contribution in [0.25, 0.3) is 11.5 Å². The van der Waals surface area contributed by atoms with Crippen molar-refractivity contribution in [3.8, 4) is 11.5 Å². The van der Waals surface area contributed by atoms with Crippen LogP contribution in [0.1, 0.15) is 43.2 Å². The van der Waals surface area contributed by atoms with Crippen LogP contribution >= 0.6 is 0 Å². The zero-order valence-electron chi connectivity index (χ0n) is 16.0. The molecule has 1 atom stereocenters. The Hall–Kier alpha value is -2.14. The van der Waals surface area contributed by atoms with Crippen molar-refractivity contribution in [1.82, 2.24) is 15.2 Å². The maximum atomic E-state index is 12.3. The molecule has 3 rings (SSSR count). The Bertz CT molecular complexity index is 730. The summed E-state index contributed by atoms with van der Waals surface area (Å²) < 4.78 is 5.76. The van der Waals surface area contributed by atoms with Crippen molar-refractivity contribution >= 4 is 5.91 Å². The molecule has 1 fully saturated rings. The van der Waals surface area contributed by atoms with Gasteiger partial charge in [-0.1, -0.05) is 24.1 Å². The summed E-state index contributed by atoms with van der Waals surface area (Å²) in [5.41, 5.74) is 2.84. The molecule has 1 unspecified atom stereocenters. The molecule has 0 saturated carbocycles. The third-order valence-electron chi connectivity index (χ3n) is 5.13. The van der Waals surface area contributed by atoms with E-state index in [4.69, 9.17) is 4.42 Å². The van der Waals surface area contributed by atoms with E-state index in [9.17, 15) is 4.79 Å². The largest absolute Gasteiger partial charge is 0.441 e. The SMILES string of the molecule is Cc1ccc(-c2nc(CC(=O)NCC(C)N3CCCCC3)c(C)o2)cc1. The number of nitrogens with one attached hydrogen (secondary N) is 1. The second-order valence-electron chi connectivity index (χ2n) is 7.31. The first kappa shape index (κ1) is 18.6. The van der Waals surface area contributed by atoms with Crippen LogP contribution in [0.2, 0.25) is 0 Å². The Labute approximate surface area is 155 Å². The molecule has 5 heteroatoms. The van der Waals surface area contributed by atoms with Gasteiger partial charge in [0.15, 0.2) is 0 Å². The van der Waals surface area contributed by atoms with E-state index in [2.05, 4.69) is 22.1 Å². The van der Waals surface area contributed by atoms with Gasteiger partial charge in [0, 0.05) is 18.2 Å². The second-order valence-corrected chi connectivity index (χ2v) is 7.31. The third-order valence-corrected chi connectivity index (χ3v) is 5.13. The molecule has 1 amide bonds. The summed E-state index contributed by atoms with van der Waals surface area (Å²) in [7, 11) is 0. The Kier molecular flexibility index (Phi) is 6.09. The maximum absolute atomic E-state index is 12.3. The number of rotatable bonds is 6. The van der Waals surface area contributed by atoms with Crippen LogP contribution in [0.15, 0.2) is 28.7 Å². The number of aryl methyl sites for hydroxylation is 2. The summed E-state index contributed by atoms with van der Waals surface area (Å²) in [4.78, 5) is 19.3. The molecule has 2 aromatic rings. The molecule has 5 nitrogen and oxygen atoms in total. The van der Waals surface area contributed by atoms with E-state index in [1.807, 2.05) is 38.1 Å². The number of amides is 1. The molecule has 0 aliphatic carbocycles. The number of carbonyl (C=O) groups is 1. The number of likely N-dealkylation sites (tertiary alicyclic amines) is 1. The summed E-state index contributed by atoms with van der Waals surface area (Å²) >= 11 is 0. The van der Waals surface area contributed by atoms with E-state index in [1.165, 1.54) is 24.8 Å². The number of benzene rings is 1. The topological polar surface area (TPSA) is 58.4 Å². The fourth-order valence-corrected chi connectivity index (χ4v) is 3.38. The minimum Gasteiger partial charge on any atom is -0.441 e. The quantitative estimate of drug-likeness (QED) is 0.862. The van der Waals surface area contributed by atoms with Crippen molar-refractivity contribution in [3.05, 3.63) is 41.3 Å². The number of piperidine rings is 1. The average molecular weight is 355 g/mol. The van der Waals surface area contributed by atoms with Crippen LogP contribution < -0.4 is 5.32 Å². The van der Waals surface area contributed by atoms with Crippen LogP contribution in [-0.4, -0.2) is 41.5 Å². The van der Waals surface area contributed by atoms with Crippen LogP contribution in [0, 0.1) is 13.8 Å². The molecule has 1 N–H and O–H groups in total. The molecule has 26 heavy (non-hydrogen) atoms. The van der Waals surface area contributed by atoms with Crippen LogP contribution in [0.5, 0.6) is 0 Å². The van der Waals surface area contributed by atoms with Gasteiger partial charge >= 0.3 is 0 Å². The molecule has 1 aromatic heterocycles. The first-order chi connectivity index (χ1) is 12.5. The van der Waals surface area contributed by atoms with Gasteiger partial charge in [0.1, 0.15) is 5.76 Å². The molecule has 0 radical (unpaired) electrons. The van der Waals surface area contributed by atoms with Gasteiger partial charge in [-0.25, -0.2) is 4.98 Å². The first-order valence-corrected chi connectivity index (χ1v) is 9.57. The average Bonchev–Trinajstić information content (AvgIpc) is 3.01. The number of hydrogen-bond donors (Lipinski definition) is 1. The van der Waals surface area contributed by atoms with Gasteiger partial charge in [-0.2, -0.15) is 0 Å². The highest BCUT2D eigenvalue weighted by Gasteiger charge is 2.18. The molecule has 2 heterocycles. The van der Waals surface area contributed by atoms with E-state index in [0.717, 1.165) is 18.7 Å². The van der Waals surface area contributed by atoms with Crippen LogP contribution in [-0.2, 0) is 11.2 Å². The smallest absolute Gasteiger partial charge is 0.226 e. The molecule has 0 bridgehead atoms. The van der Waals surface area contributed by atoms with Gasteiger partial charge in [0.05, 0.1) is 12.1 Å². The van der Waals surface area contributed by atoms with E-state index in [-0.39, 0.29) is 12.3 Å². The van der Waals surface area contributed by atoms with Crippen molar-refractivity contribution in [2.45, 2.75) is 52.5 Å². The lowest BCUT2D eigenvalue weighted by Crippen LogP contribution is -2.44. The van der Waals surface area contributed by atoms with Gasteiger partial charge in [-0.15, -0.1) is 0 Å². The Balaban J connectivity index is 1.55. The summed E-state index contributed by atoms with van der Waals surface area (Å²) in [5.74, 6) is 1.28. The first-order valence-electron chi connectivity index (χ1n) is 9.57. The van der Waals surface area contributed by atoms with Crippen molar-refractivity contribution < 1.29 is 9.21 Å². The predicted molar refractivity (Wildman–Crippen MR) is 103 cm³/mol. The van der Waals surface area contributed by atoms with Crippen molar-refractivity contribution in [1.29, 1.82) is 0 Å². The molecule has 1 saturated heterocycles. The third kappa shape index (κ3) is 4.73. The Morgan fingerprint density at radius 2 is 1.88 bits per heavy atom. The van der Waals surface area contributed by atoms with Crippen LogP contribution in [0.3, 0.4) is 0 Å². The molecule has 140 valence electrons. The van der Waals surface area contributed by atoms with Gasteiger partial charge in [0.25, 0.3) is 0 Å². The van der Waals surface area contributed by atoms with Gasteiger partial charge in [0.2, 0.25) is 11.8 Å².